The Bertz CT molecular complexity index is 1400. The van der Waals surface area contributed by atoms with Gasteiger partial charge >= 0.3 is 11.9 Å². The molecule has 64 heavy (non-hydrogen) atoms. The summed E-state index contributed by atoms with van der Waals surface area (Å²) in [6, 6.07) is 3.33. The van der Waals surface area contributed by atoms with Gasteiger partial charge in [-0.3, -0.25) is 4.55 Å². The first-order valence-electron chi connectivity index (χ1n) is 27.1. The van der Waals surface area contributed by atoms with Crippen LogP contribution in [0.25, 0.3) is 0 Å². The summed E-state index contributed by atoms with van der Waals surface area (Å²) in [5, 5.41) is 0. The van der Waals surface area contributed by atoms with Crippen molar-refractivity contribution in [1.82, 2.24) is 0 Å². The number of carbonyl (C=O) groups is 2. The van der Waals surface area contributed by atoms with Gasteiger partial charge in [0.05, 0.1) is 29.2 Å². The van der Waals surface area contributed by atoms with Crippen LogP contribution in [0.15, 0.2) is 47.4 Å². The molecule has 0 saturated heterocycles. The molecule has 1 aromatic carbocycles. The highest BCUT2D eigenvalue weighted by atomic mass is 32.2. The molecule has 0 unspecified atom stereocenters. The Morgan fingerprint density at radius 3 is 0.953 bits per heavy atom. The monoisotopic (exact) mass is 915 g/mol. The van der Waals surface area contributed by atoms with Crippen molar-refractivity contribution in [2.45, 2.75) is 276 Å². The molecular formula is C56H98O7S. The lowest BCUT2D eigenvalue weighted by Gasteiger charge is -2.11. The molecule has 1 aromatic rings. The van der Waals surface area contributed by atoms with Crippen molar-refractivity contribution in [3.63, 3.8) is 0 Å². The molecular weight excluding hydrogens is 817 g/mol. The Hall–Kier alpha value is -2.45. The van der Waals surface area contributed by atoms with Gasteiger partial charge in [-0.05, 0) is 69.6 Å². The SMILES string of the molecule is CC/C=C/CCCCCCCCCCCCCCCCCCCCOC(=O)c1ccc(S(=O)(=O)O)cc1C(=O)OCCCCCCCCCCCCCCCCCCCC/C=C/CC. The molecule has 1 rings (SSSR count). The fraction of sp³-hybridized carbons (Fsp3) is 0.786. The third-order valence-electron chi connectivity index (χ3n) is 12.5. The van der Waals surface area contributed by atoms with Gasteiger partial charge in [-0.15, -0.1) is 0 Å². The molecule has 8 heteroatoms. The first kappa shape index (κ1) is 59.6. The summed E-state index contributed by atoms with van der Waals surface area (Å²) in [6.07, 6.45) is 59.7. The van der Waals surface area contributed by atoms with Crippen molar-refractivity contribution in [1.29, 1.82) is 0 Å². The van der Waals surface area contributed by atoms with E-state index >= 15 is 0 Å². The van der Waals surface area contributed by atoms with Crippen molar-refractivity contribution in [3.05, 3.63) is 53.6 Å². The fourth-order valence-corrected chi connectivity index (χ4v) is 8.98. The second kappa shape index (κ2) is 44.4. The lowest BCUT2D eigenvalue weighted by molar-refractivity contribution is 0.0450. The van der Waals surface area contributed by atoms with Gasteiger partial charge in [-0.25, -0.2) is 9.59 Å². The van der Waals surface area contributed by atoms with Gasteiger partial charge in [0.2, 0.25) is 0 Å². The minimum Gasteiger partial charge on any atom is -0.462 e. The van der Waals surface area contributed by atoms with E-state index in [1.807, 2.05) is 0 Å². The molecule has 0 aliphatic rings. The van der Waals surface area contributed by atoms with Gasteiger partial charge in [0.15, 0.2) is 0 Å². The maximum absolute atomic E-state index is 13.0. The summed E-state index contributed by atoms with van der Waals surface area (Å²) < 4.78 is 44.2. The van der Waals surface area contributed by atoms with Crippen LogP contribution >= 0.6 is 0 Å². The van der Waals surface area contributed by atoms with Crippen molar-refractivity contribution in [2.24, 2.45) is 0 Å². The Labute approximate surface area is 394 Å². The van der Waals surface area contributed by atoms with Crippen LogP contribution in [0.3, 0.4) is 0 Å². The maximum Gasteiger partial charge on any atom is 0.339 e. The first-order chi connectivity index (χ1) is 31.3. The van der Waals surface area contributed by atoms with Crippen LogP contribution in [0.4, 0.5) is 0 Å². The van der Waals surface area contributed by atoms with Crippen molar-refractivity contribution in [3.8, 4) is 0 Å². The molecule has 370 valence electrons. The quantitative estimate of drug-likeness (QED) is 0.0300. The molecule has 0 heterocycles. The predicted octanol–water partition coefficient (Wildman–Crippen LogP) is 18.0. The number of unbranched alkanes of at least 4 members (excludes halogenated alkanes) is 36. The highest BCUT2D eigenvalue weighted by Gasteiger charge is 2.23. The van der Waals surface area contributed by atoms with Crippen LogP contribution in [0.2, 0.25) is 0 Å². The average molecular weight is 915 g/mol. The van der Waals surface area contributed by atoms with Crippen LogP contribution in [0.5, 0.6) is 0 Å². The number of benzene rings is 1. The highest BCUT2D eigenvalue weighted by Crippen LogP contribution is 2.21. The molecule has 0 amide bonds. The lowest BCUT2D eigenvalue weighted by Crippen LogP contribution is -2.16. The van der Waals surface area contributed by atoms with E-state index < -0.39 is 27.0 Å². The second-order valence-corrected chi connectivity index (χ2v) is 19.9. The van der Waals surface area contributed by atoms with E-state index in [1.54, 1.807) is 0 Å². The van der Waals surface area contributed by atoms with Gasteiger partial charge in [0, 0.05) is 0 Å². The van der Waals surface area contributed by atoms with Gasteiger partial charge in [-0.1, -0.05) is 244 Å². The summed E-state index contributed by atoms with van der Waals surface area (Å²) in [6.45, 7) is 4.79. The predicted molar refractivity (Wildman–Crippen MR) is 271 cm³/mol. The molecule has 0 atom stereocenters. The number of hydrogen-bond acceptors (Lipinski definition) is 6. The number of rotatable bonds is 47. The largest absolute Gasteiger partial charge is 0.462 e. The summed E-state index contributed by atoms with van der Waals surface area (Å²) in [5.41, 5.74) is -0.258. The van der Waals surface area contributed by atoms with Crippen LogP contribution < -0.4 is 0 Å². The maximum atomic E-state index is 13.0. The molecule has 0 fully saturated rings. The molecule has 0 radical (unpaired) electrons. The number of hydrogen-bond donors (Lipinski definition) is 1. The molecule has 1 N–H and O–H groups in total. The molecule has 0 saturated carbocycles. The van der Waals surface area contributed by atoms with E-state index in [-0.39, 0.29) is 24.3 Å². The average Bonchev–Trinajstić information content (AvgIpc) is 3.28. The van der Waals surface area contributed by atoms with Crippen molar-refractivity contribution >= 4 is 22.1 Å². The first-order valence-corrected chi connectivity index (χ1v) is 28.5. The summed E-state index contributed by atoms with van der Waals surface area (Å²) in [4.78, 5) is 25.6. The van der Waals surface area contributed by atoms with E-state index in [2.05, 4.69) is 38.2 Å². The third-order valence-corrected chi connectivity index (χ3v) is 13.4. The van der Waals surface area contributed by atoms with Gasteiger partial charge < -0.3 is 9.47 Å². The molecule has 0 spiro atoms. The Balaban J connectivity index is 2.09. The fourth-order valence-electron chi connectivity index (χ4n) is 8.47. The van der Waals surface area contributed by atoms with E-state index in [1.165, 1.54) is 205 Å². The number of ether oxygens (including phenoxy) is 2. The minimum atomic E-state index is -4.57. The van der Waals surface area contributed by atoms with Gasteiger partial charge in [0.1, 0.15) is 0 Å². The number of esters is 2. The number of allylic oxidation sites excluding steroid dienone is 4. The van der Waals surface area contributed by atoms with E-state index in [9.17, 15) is 22.6 Å². The summed E-state index contributed by atoms with van der Waals surface area (Å²) >= 11 is 0. The van der Waals surface area contributed by atoms with Crippen LogP contribution in [0.1, 0.15) is 291 Å². The zero-order valence-electron chi connectivity index (χ0n) is 41.5. The van der Waals surface area contributed by atoms with E-state index in [4.69, 9.17) is 9.47 Å². The normalized spacial score (nSPS) is 11.9. The zero-order valence-corrected chi connectivity index (χ0v) is 42.4. The third kappa shape index (κ3) is 36.7. The van der Waals surface area contributed by atoms with Gasteiger partial charge in [0.25, 0.3) is 10.1 Å². The topological polar surface area (TPSA) is 107 Å². The number of carbonyl (C=O) groups excluding carboxylic acids is 2. The summed E-state index contributed by atoms with van der Waals surface area (Å²) in [5.74, 6) is -1.49. The standard InChI is InChI=1S/C56H98O7S/c1-3-5-7-9-11-13-15-17-19-21-23-25-27-29-31-33-35-37-39-41-43-45-49-62-55(57)53-48-47-52(64(59,60)61)51-54(53)56(58)63-50-46-44-42-40-38-36-34-32-30-28-26-24-22-20-18-16-14-12-10-8-6-4-2/h5-8,47-48,51H,3-4,9-46,49-50H2,1-2H3,(H,59,60,61)/b7-5+,8-6+. The Morgan fingerprint density at radius 2 is 0.672 bits per heavy atom. The van der Waals surface area contributed by atoms with Crippen LogP contribution in [-0.2, 0) is 19.6 Å². The van der Waals surface area contributed by atoms with E-state index in [0.717, 1.165) is 63.5 Å². The molecule has 0 aliphatic heterocycles. The van der Waals surface area contributed by atoms with Crippen molar-refractivity contribution < 1.29 is 32.0 Å². The van der Waals surface area contributed by atoms with E-state index in [0.29, 0.717) is 6.42 Å². The Kier molecular flexibility index (Phi) is 41.3. The molecule has 0 aromatic heterocycles. The van der Waals surface area contributed by atoms with Crippen LogP contribution in [-0.4, -0.2) is 38.1 Å². The van der Waals surface area contributed by atoms with Gasteiger partial charge in [-0.2, -0.15) is 8.42 Å². The lowest BCUT2D eigenvalue weighted by atomic mass is 10.0. The second-order valence-electron chi connectivity index (χ2n) is 18.5. The van der Waals surface area contributed by atoms with Crippen LogP contribution in [0, 0.1) is 0 Å². The summed E-state index contributed by atoms with van der Waals surface area (Å²) in [7, 11) is -4.57. The molecule has 0 aliphatic carbocycles. The highest BCUT2D eigenvalue weighted by molar-refractivity contribution is 7.85. The zero-order chi connectivity index (χ0) is 46.4. The van der Waals surface area contributed by atoms with Crippen molar-refractivity contribution in [2.75, 3.05) is 13.2 Å². The smallest absolute Gasteiger partial charge is 0.339 e. The Morgan fingerprint density at radius 1 is 0.406 bits per heavy atom. The molecule has 7 nitrogen and oxygen atoms in total. The minimum absolute atomic E-state index is 0.0539. The molecule has 0 bridgehead atoms.